The number of fused-ring (bicyclic) bond motifs is 1. The van der Waals surface area contributed by atoms with Crippen molar-refractivity contribution < 1.29 is 9.47 Å². The predicted octanol–water partition coefficient (Wildman–Crippen LogP) is 5.41. The van der Waals surface area contributed by atoms with Crippen molar-refractivity contribution in [1.29, 1.82) is 0 Å². The van der Waals surface area contributed by atoms with Crippen LogP contribution in [-0.4, -0.2) is 34.7 Å². The first kappa shape index (κ1) is 23.6. The molecule has 0 saturated carbocycles. The van der Waals surface area contributed by atoms with Crippen molar-refractivity contribution in [2.24, 2.45) is 0 Å². The SMILES string of the molecule is CCOc1ccc(CCNC(=S)Nc2ccn(Cc3cccc4ccccc34)n2)cc1OCC. The molecule has 0 radical (unpaired) electrons. The van der Waals surface area contributed by atoms with Crippen molar-refractivity contribution in [1.82, 2.24) is 15.1 Å². The monoisotopic (exact) mass is 474 g/mol. The van der Waals surface area contributed by atoms with E-state index < -0.39 is 0 Å². The van der Waals surface area contributed by atoms with Crippen LogP contribution >= 0.6 is 12.2 Å². The number of nitrogens with one attached hydrogen (secondary N) is 2. The molecule has 0 unspecified atom stereocenters. The summed E-state index contributed by atoms with van der Waals surface area (Å²) < 4.78 is 13.3. The van der Waals surface area contributed by atoms with E-state index in [0.29, 0.717) is 31.4 Å². The number of rotatable bonds is 10. The third-order valence-corrected chi connectivity index (χ3v) is 5.65. The Labute approximate surface area is 205 Å². The summed E-state index contributed by atoms with van der Waals surface area (Å²) in [5.41, 5.74) is 2.39. The average Bonchev–Trinajstić information content (AvgIpc) is 3.28. The normalized spacial score (nSPS) is 10.8. The van der Waals surface area contributed by atoms with Gasteiger partial charge in [0.2, 0.25) is 0 Å². The maximum atomic E-state index is 5.71. The summed E-state index contributed by atoms with van der Waals surface area (Å²) in [7, 11) is 0. The Morgan fingerprint density at radius 3 is 2.59 bits per heavy atom. The van der Waals surface area contributed by atoms with Gasteiger partial charge in [-0.3, -0.25) is 4.68 Å². The van der Waals surface area contributed by atoms with Crippen molar-refractivity contribution in [2.45, 2.75) is 26.8 Å². The lowest BCUT2D eigenvalue weighted by molar-refractivity contribution is 0.287. The molecule has 2 N–H and O–H groups in total. The molecule has 0 fully saturated rings. The van der Waals surface area contributed by atoms with E-state index in [1.165, 1.54) is 16.3 Å². The van der Waals surface area contributed by atoms with Crippen molar-refractivity contribution in [3.05, 3.63) is 84.1 Å². The second kappa shape index (κ2) is 11.5. The van der Waals surface area contributed by atoms with Gasteiger partial charge < -0.3 is 20.1 Å². The minimum Gasteiger partial charge on any atom is -0.490 e. The van der Waals surface area contributed by atoms with Gasteiger partial charge in [0.25, 0.3) is 0 Å². The van der Waals surface area contributed by atoms with E-state index in [9.17, 15) is 0 Å². The number of aromatic nitrogens is 2. The Morgan fingerprint density at radius 2 is 1.74 bits per heavy atom. The predicted molar refractivity (Wildman–Crippen MR) is 142 cm³/mol. The van der Waals surface area contributed by atoms with E-state index in [4.69, 9.17) is 21.7 Å². The molecule has 4 aromatic rings. The van der Waals surface area contributed by atoms with Crippen molar-refractivity contribution in [3.8, 4) is 11.5 Å². The van der Waals surface area contributed by atoms with Gasteiger partial charge in [-0.05, 0) is 66.5 Å². The first-order valence-electron chi connectivity index (χ1n) is 11.6. The Balaban J connectivity index is 1.29. The molecule has 0 spiro atoms. The van der Waals surface area contributed by atoms with Gasteiger partial charge in [0.1, 0.15) is 0 Å². The minimum atomic E-state index is 0.548. The summed E-state index contributed by atoms with van der Waals surface area (Å²) >= 11 is 5.46. The van der Waals surface area contributed by atoms with E-state index in [2.05, 4.69) is 64.3 Å². The third-order valence-electron chi connectivity index (χ3n) is 5.40. The highest BCUT2D eigenvalue weighted by molar-refractivity contribution is 7.80. The van der Waals surface area contributed by atoms with Gasteiger partial charge in [-0.15, -0.1) is 0 Å². The van der Waals surface area contributed by atoms with Crippen LogP contribution in [0.2, 0.25) is 0 Å². The van der Waals surface area contributed by atoms with Crippen LogP contribution in [0, 0.1) is 0 Å². The van der Waals surface area contributed by atoms with Gasteiger partial charge in [-0.2, -0.15) is 5.10 Å². The molecule has 0 saturated heterocycles. The highest BCUT2D eigenvalue weighted by atomic mass is 32.1. The number of hydrogen-bond acceptors (Lipinski definition) is 4. The fraction of sp³-hybridized carbons (Fsp3) is 0.259. The Kier molecular flexibility index (Phi) is 7.99. The van der Waals surface area contributed by atoms with Gasteiger partial charge in [-0.25, -0.2) is 0 Å². The van der Waals surface area contributed by atoms with Crippen LogP contribution in [0.15, 0.2) is 72.9 Å². The number of hydrogen-bond donors (Lipinski definition) is 2. The molecule has 176 valence electrons. The minimum absolute atomic E-state index is 0.548. The molecule has 1 heterocycles. The number of ether oxygens (including phenoxy) is 2. The quantitative estimate of drug-likeness (QED) is 0.300. The van der Waals surface area contributed by atoms with Gasteiger partial charge in [-0.1, -0.05) is 48.5 Å². The molecule has 0 atom stereocenters. The smallest absolute Gasteiger partial charge is 0.172 e. The molecule has 0 amide bonds. The number of anilines is 1. The molecule has 1 aromatic heterocycles. The Bertz CT molecular complexity index is 1250. The summed E-state index contributed by atoms with van der Waals surface area (Å²) in [5, 5.41) is 14.1. The zero-order chi connectivity index (χ0) is 23.8. The zero-order valence-corrected chi connectivity index (χ0v) is 20.4. The number of nitrogens with zero attached hydrogens (tertiary/aromatic N) is 2. The molecule has 0 aliphatic carbocycles. The fourth-order valence-corrected chi connectivity index (χ4v) is 4.06. The van der Waals surface area contributed by atoms with Crippen molar-refractivity contribution >= 4 is 33.9 Å². The lowest BCUT2D eigenvalue weighted by atomic mass is 10.0. The standard InChI is InChI=1S/C27H30N4O2S/c1-3-32-24-13-12-20(18-25(24)33-4-2)14-16-28-27(34)29-26-15-17-31(30-26)19-22-10-7-9-21-8-5-6-11-23(21)22/h5-13,15,17-18H,3-4,14,16,19H2,1-2H3,(H2,28,29,30,34). The van der Waals surface area contributed by atoms with Crippen molar-refractivity contribution in [2.75, 3.05) is 25.1 Å². The van der Waals surface area contributed by atoms with Gasteiger partial charge in [0, 0.05) is 18.8 Å². The Hall–Kier alpha value is -3.58. The molecule has 0 bridgehead atoms. The highest BCUT2D eigenvalue weighted by Gasteiger charge is 2.08. The summed E-state index contributed by atoms with van der Waals surface area (Å²) in [5.74, 6) is 2.27. The summed E-state index contributed by atoms with van der Waals surface area (Å²) in [4.78, 5) is 0. The second-order valence-electron chi connectivity index (χ2n) is 7.81. The average molecular weight is 475 g/mol. The zero-order valence-electron chi connectivity index (χ0n) is 19.6. The van der Waals surface area contributed by atoms with Crippen molar-refractivity contribution in [3.63, 3.8) is 0 Å². The van der Waals surface area contributed by atoms with Crippen LogP contribution in [0.3, 0.4) is 0 Å². The van der Waals surface area contributed by atoms with Crippen LogP contribution < -0.4 is 20.1 Å². The molecule has 7 heteroatoms. The second-order valence-corrected chi connectivity index (χ2v) is 8.22. The molecule has 0 aliphatic heterocycles. The van der Waals surface area contributed by atoms with E-state index in [0.717, 1.165) is 29.3 Å². The lowest BCUT2D eigenvalue weighted by Crippen LogP contribution is -2.30. The van der Waals surface area contributed by atoms with Crippen LogP contribution in [0.5, 0.6) is 11.5 Å². The number of thiocarbonyl (C=S) groups is 1. The first-order valence-corrected chi connectivity index (χ1v) is 12.0. The van der Waals surface area contributed by atoms with Crippen LogP contribution in [0.4, 0.5) is 5.82 Å². The Morgan fingerprint density at radius 1 is 0.941 bits per heavy atom. The van der Waals surface area contributed by atoms with Crippen LogP contribution in [0.1, 0.15) is 25.0 Å². The summed E-state index contributed by atoms with van der Waals surface area (Å²) in [6.07, 6.45) is 2.77. The van der Waals surface area contributed by atoms with Gasteiger partial charge >= 0.3 is 0 Å². The fourth-order valence-electron chi connectivity index (χ4n) is 3.85. The molecule has 34 heavy (non-hydrogen) atoms. The van der Waals surface area contributed by atoms with E-state index >= 15 is 0 Å². The molecule has 4 rings (SSSR count). The summed E-state index contributed by atoms with van der Waals surface area (Å²) in [6.45, 7) is 6.54. The molecule has 6 nitrogen and oxygen atoms in total. The summed E-state index contributed by atoms with van der Waals surface area (Å²) in [6, 6.07) is 22.7. The first-order chi connectivity index (χ1) is 16.7. The molecular formula is C27H30N4O2S. The van der Waals surface area contributed by atoms with Gasteiger partial charge in [0.15, 0.2) is 22.4 Å². The molecule has 3 aromatic carbocycles. The van der Waals surface area contributed by atoms with Crippen LogP contribution in [-0.2, 0) is 13.0 Å². The van der Waals surface area contributed by atoms with Gasteiger partial charge in [0.05, 0.1) is 19.8 Å². The maximum Gasteiger partial charge on any atom is 0.172 e. The van der Waals surface area contributed by atoms with Crippen LogP contribution in [0.25, 0.3) is 10.8 Å². The molecular weight excluding hydrogens is 444 g/mol. The third kappa shape index (κ3) is 6.05. The lowest BCUT2D eigenvalue weighted by Gasteiger charge is -2.13. The highest BCUT2D eigenvalue weighted by Crippen LogP contribution is 2.28. The topological polar surface area (TPSA) is 60.3 Å². The van der Waals surface area contributed by atoms with E-state index in [-0.39, 0.29) is 0 Å². The largest absolute Gasteiger partial charge is 0.490 e. The number of benzene rings is 3. The van der Waals surface area contributed by atoms with E-state index in [1.807, 2.05) is 42.9 Å². The maximum absolute atomic E-state index is 5.71. The molecule has 0 aliphatic rings. The van der Waals surface area contributed by atoms with E-state index in [1.54, 1.807) is 0 Å².